The zero-order chi connectivity index (χ0) is 16.6. The Kier molecular flexibility index (Phi) is 7.68. The van der Waals surface area contributed by atoms with Crippen LogP contribution in [0.5, 0.6) is 0 Å². The molecule has 1 heterocycles. The van der Waals surface area contributed by atoms with E-state index < -0.39 is 11.7 Å². The van der Waals surface area contributed by atoms with Gasteiger partial charge in [0.05, 0.1) is 5.56 Å². The molecule has 0 spiro atoms. The Hall–Kier alpha value is -1.27. The van der Waals surface area contributed by atoms with E-state index in [0.717, 1.165) is 32.7 Å². The molecule has 1 saturated heterocycles. The van der Waals surface area contributed by atoms with Crippen molar-refractivity contribution in [1.82, 2.24) is 10.2 Å². The van der Waals surface area contributed by atoms with E-state index in [1.807, 2.05) is 13.8 Å². The van der Waals surface area contributed by atoms with Crippen LogP contribution < -0.4 is 10.6 Å². The van der Waals surface area contributed by atoms with E-state index in [2.05, 4.69) is 15.5 Å². The molecule has 0 radical (unpaired) electrons. The van der Waals surface area contributed by atoms with Gasteiger partial charge in [-0.25, -0.2) is 0 Å². The van der Waals surface area contributed by atoms with E-state index in [0.29, 0.717) is 12.1 Å². The third-order valence-corrected chi connectivity index (χ3v) is 3.43. The highest BCUT2D eigenvalue weighted by Gasteiger charge is 2.33. The Morgan fingerprint density at radius 3 is 2.41 bits per heavy atom. The van der Waals surface area contributed by atoms with Gasteiger partial charge in [-0.15, -0.1) is 0 Å². The van der Waals surface area contributed by atoms with Crippen LogP contribution in [0.3, 0.4) is 0 Å². The van der Waals surface area contributed by atoms with Crippen LogP contribution in [0.15, 0.2) is 18.2 Å². The largest absolute Gasteiger partial charge is 0.418 e. The second-order valence-corrected chi connectivity index (χ2v) is 5.07. The van der Waals surface area contributed by atoms with Crippen LogP contribution >= 0.6 is 0 Å². The molecule has 1 aliphatic heterocycles. The summed E-state index contributed by atoms with van der Waals surface area (Å²) in [7, 11) is 0. The standard InChI is InChI=1S/C14H20F3N3.C2H6/c1-11-2-3-13(12(10-11)14(15,16)17)19-6-9-20-7-4-18-5-8-20;1-2/h2-3,10,18-19H,4-9H2,1H3;1-2H3. The molecule has 6 heteroatoms. The molecule has 2 rings (SSSR count). The van der Waals surface area contributed by atoms with Crippen molar-refractivity contribution in [3.8, 4) is 0 Å². The van der Waals surface area contributed by atoms with E-state index in [1.54, 1.807) is 13.0 Å². The lowest BCUT2D eigenvalue weighted by atomic mass is 10.1. The highest BCUT2D eigenvalue weighted by Crippen LogP contribution is 2.35. The Morgan fingerprint density at radius 1 is 1.18 bits per heavy atom. The molecule has 126 valence electrons. The third-order valence-electron chi connectivity index (χ3n) is 3.43. The summed E-state index contributed by atoms with van der Waals surface area (Å²) < 4.78 is 38.9. The van der Waals surface area contributed by atoms with Crippen molar-refractivity contribution >= 4 is 5.69 Å². The number of hydrogen-bond acceptors (Lipinski definition) is 3. The second kappa shape index (κ2) is 9.00. The molecule has 0 aliphatic carbocycles. The van der Waals surface area contributed by atoms with Gasteiger partial charge in [0.2, 0.25) is 0 Å². The maximum absolute atomic E-state index is 13.0. The second-order valence-electron chi connectivity index (χ2n) is 5.07. The van der Waals surface area contributed by atoms with Crippen LogP contribution in [0.2, 0.25) is 0 Å². The first kappa shape index (κ1) is 18.8. The van der Waals surface area contributed by atoms with Gasteiger partial charge in [-0.2, -0.15) is 13.2 Å². The van der Waals surface area contributed by atoms with E-state index in [1.165, 1.54) is 12.1 Å². The van der Waals surface area contributed by atoms with Gasteiger partial charge in [0.15, 0.2) is 0 Å². The van der Waals surface area contributed by atoms with E-state index >= 15 is 0 Å². The number of halogens is 3. The summed E-state index contributed by atoms with van der Waals surface area (Å²) in [5, 5.41) is 6.16. The molecular formula is C16H26F3N3. The summed E-state index contributed by atoms with van der Waals surface area (Å²) in [5.74, 6) is 0. The van der Waals surface area contributed by atoms with Crippen LogP contribution in [0, 0.1) is 6.92 Å². The summed E-state index contributed by atoms with van der Waals surface area (Å²) in [6.45, 7) is 10.7. The predicted molar refractivity (Wildman–Crippen MR) is 85.3 cm³/mol. The van der Waals surface area contributed by atoms with Crippen molar-refractivity contribution in [3.05, 3.63) is 29.3 Å². The average Bonchev–Trinajstić information content (AvgIpc) is 2.51. The van der Waals surface area contributed by atoms with Crippen molar-refractivity contribution in [2.24, 2.45) is 0 Å². The predicted octanol–water partition coefficient (Wildman–Crippen LogP) is 3.36. The lowest BCUT2D eigenvalue weighted by molar-refractivity contribution is -0.137. The number of benzene rings is 1. The number of piperazine rings is 1. The van der Waals surface area contributed by atoms with Gasteiger partial charge >= 0.3 is 6.18 Å². The molecule has 0 atom stereocenters. The van der Waals surface area contributed by atoms with Crippen molar-refractivity contribution < 1.29 is 13.2 Å². The Labute approximate surface area is 130 Å². The summed E-state index contributed by atoms with van der Waals surface area (Å²) >= 11 is 0. The highest BCUT2D eigenvalue weighted by atomic mass is 19.4. The minimum atomic E-state index is -4.32. The van der Waals surface area contributed by atoms with E-state index in [4.69, 9.17) is 0 Å². The number of aryl methyl sites for hydroxylation is 1. The van der Waals surface area contributed by atoms with Gasteiger partial charge in [0, 0.05) is 45.0 Å². The first-order chi connectivity index (χ1) is 10.5. The van der Waals surface area contributed by atoms with Crippen LogP contribution in [0.4, 0.5) is 18.9 Å². The van der Waals surface area contributed by atoms with Crippen molar-refractivity contribution in [1.29, 1.82) is 0 Å². The average molecular weight is 317 g/mol. The minimum absolute atomic E-state index is 0.165. The molecule has 22 heavy (non-hydrogen) atoms. The summed E-state index contributed by atoms with van der Waals surface area (Å²) in [5.41, 5.74) is 0.195. The van der Waals surface area contributed by atoms with Crippen LogP contribution in [-0.4, -0.2) is 44.2 Å². The zero-order valence-corrected chi connectivity index (χ0v) is 13.6. The zero-order valence-electron chi connectivity index (χ0n) is 13.6. The Balaban J connectivity index is 0.00000116. The molecule has 1 aromatic carbocycles. The van der Waals surface area contributed by atoms with Crippen LogP contribution in [0.25, 0.3) is 0 Å². The molecule has 1 aliphatic rings. The molecule has 0 unspecified atom stereocenters. The van der Waals surface area contributed by atoms with Gasteiger partial charge in [-0.1, -0.05) is 25.5 Å². The van der Waals surface area contributed by atoms with E-state index in [9.17, 15) is 13.2 Å². The Bertz CT molecular complexity index is 441. The molecule has 0 bridgehead atoms. The molecule has 1 fully saturated rings. The molecule has 3 nitrogen and oxygen atoms in total. The molecule has 0 aromatic heterocycles. The smallest absolute Gasteiger partial charge is 0.383 e. The van der Waals surface area contributed by atoms with Gasteiger partial charge in [0.1, 0.15) is 0 Å². The maximum Gasteiger partial charge on any atom is 0.418 e. The summed E-state index contributed by atoms with van der Waals surface area (Å²) in [6, 6.07) is 4.39. The van der Waals surface area contributed by atoms with Crippen molar-refractivity contribution in [2.75, 3.05) is 44.6 Å². The van der Waals surface area contributed by atoms with Crippen LogP contribution in [0.1, 0.15) is 25.0 Å². The minimum Gasteiger partial charge on any atom is -0.383 e. The number of nitrogens with zero attached hydrogens (tertiary/aromatic N) is 1. The normalized spacial score (nSPS) is 15.9. The van der Waals surface area contributed by atoms with Gasteiger partial charge in [-0.05, 0) is 19.1 Å². The maximum atomic E-state index is 13.0. The highest BCUT2D eigenvalue weighted by molar-refractivity contribution is 5.54. The number of rotatable bonds is 4. The fourth-order valence-corrected chi connectivity index (χ4v) is 2.33. The fraction of sp³-hybridized carbons (Fsp3) is 0.625. The van der Waals surface area contributed by atoms with Gasteiger partial charge in [0.25, 0.3) is 0 Å². The molecule has 2 N–H and O–H groups in total. The SMILES string of the molecule is CC.Cc1ccc(NCCN2CCNCC2)c(C(F)(F)F)c1. The monoisotopic (exact) mass is 317 g/mol. The lowest BCUT2D eigenvalue weighted by Gasteiger charge is -2.27. The number of anilines is 1. The van der Waals surface area contributed by atoms with Gasteiger partial charge in [-0.3, -0.25) is 4.90 Å². The van der Waals surface area contributed by atoms with Gasteiger partial charge < -0.3 is 10.6 Å². The Morgan fingerprint density at radius 2 is 1.82 bits per heavy atom. The molecule has 1 aromatic rings. The fourth-order valence-electron chi connectivity index (χ4n) is 2.33. The van der Waals surface area contributed by atoms with E-state index in [-0.39, 0.29) is 5.69 Å². The molecular weight excluding hydrogens is 291 g/mol. The summed E-state index contributed by atoms with van der Waals surface area (Å²) in [4.78, 5) is 2.24. The summed E-state index contributed by atoms with van der Waals surface area (Å²) in [6.07, 6.45) is -4.32. The number of hydrogen-bond donors (Lipinski definition) is 2. The first-order valence-corrected chi connectivity index (χ1v) is 7.81. The molecule has 0 amide bonds. The third kappa shape index (κ3) is 5.85. The lowest BCUT2D eigenvalue weighted by Crippen LogP contribution is -2.45. The number of alkyl halides is 3. The van der Waals surface area contributed by atoms with Crippen molar-refractivity contribution in [2.45, 2.75) is 26.9 Å². The quantitative estimate of drug-likeness (QED) is 0.892. The van der Waals surface area contributed by atoms with Crippen LogP contribution in [-0.2, 0) is 6.18 Å². The first-order valence-electron chi connectivity index (χ1n) is 7.81. The van der Waals surface area contributed by atoms with Crippen molar-refractivity contribution in [3.63, 3.8) is 0 Å². The number of nitrogens with one attached hydrogen (secondary N) is 2. The topological polar surface area (TPSA) is 27.3 Å². The molecule has 0 saturated carbocycles.